The number of anilines is 1. The largest absolute Gasteiger partial charge is 0.436 e. The number of hydrogen-bond acceptors (Lipinski definition) is 6. The van der Waals surface area contributed by atoms with Crippen LogP contribution in [0.3, 0.4) is 0 Å². The maximum Gasteiger partial charge on any atom is 0.224 e. The van der Waals surface area contributed by atoms with Gasteiger partial charge in [-0.1, -0.05) is 0 Å². The second-order valence-corrected chi connectivity index (χ2v) is 3.42. The van der Waals surface area contributed by atoms with Crippen LogP contribution >= 0.6 is 0 Å². The monoisotopic (exact) mass is 234 g/mol. The molecular weight excluding hydrogens is 220 g/mol. The molecule has 2 aromatic rings. The third-order valence-electron chi connectivity index (χ3n) is 2.12. The molecule has 17 heavy (non-hydrogen) atoms. The maximum atomic E-state index is 5.55. The lowest BCUT2D eigenvalue weighted by Gasteiger charge is -2.05. The van der Waals surface area contributed by atoms with Crippen LogP contribution in [0.5, 0.6) is 11.6 Å². The molecule has 0 fully saturated rings. The zero-order chi connectivity index (χ0) is 12.3. The van der Waals surface area contributed by atoms with Gasteiger partial charge in [0.1, 0.15) is 11.6 Å². The van der Waals surface area contributed by atoms with Crippen molar-refractivity contribution in [2.24, 2.45) is 5.84 Å². The van der Waals surface area contributed by atoms with Crippen LogP contribution < -0.4 is 16.0 Å². The summed E-state index contributed by atoms with van der Waals surface area (Å²) in [6.45, 7) is 4.56. The van der Waals surface area contributed by atoms with Crippen LogP contribution in [0.4, 0.5) is 5.82 Å². The summed E-state index contributed by atoms with van der Waals surface area (Å²) in [5.41, 5.74) is 2.46. The Balaban J connectivity index is 2.20. The minimum Gasteiger partial charge on any atom is -0.436 e. The van der Waals surface area contributed by atoms with Crippen molar-refractivity contribution in [1.82, 2.24) is 19.7 Å². The van der Waals surface area contributed by atoms with Gasteiger partial charge in [-0.2, -0.15) is 10.1 Å². The van der Waals surface area contributed by atoms with E-state index >= 15 is 0 Å². The number of hydrogen-bond donors (Lipinski definition) is 2. The summed E-state index contributed by atoms with van der Waals surface area (Å²) in [6, 6.07) is 1.62. The number of nitrogens with zero attached hydrogens (tertiary/aromatic N) is 4. The summed E-state index contributed by atoms with van der Waals surface area (Å²) in [5, 5.41) is 4.10. The third kappa shape index (κ3) is 2.70. The molecule has 0 unspecified atom stereocenters. The molecule has 0 saturated carbocycles. The summed E-state index contributed by atoms with van der Waals surface area (Å²) in [4.78, 5) is 8.21. The highest BCUT2D eigenvalue weighted by Crippen LogP contribution is 2.20. The van der Waals surface area contributed by atoms with Gasteiger partial charge in [0.15, 0.2) is 5.75 Å². The van der Waals surface area contributed by atoms with Gasteiger partial charge in [0, 0.05) is 12.6 Å². The number of nitrogens with one attached hydrogen (secondary N) is 1. The van der Waals surface area contributed by atoms with Crippen molar-refractivity contribution in [3.63, 3.8) is 0 Å². The molecule has 90 valence electrons. The van der Waals surface area contributed by atoms with Crippen molar-refractivity contribution < 1.29 is 4.74 Å². The summed E-state index contributed by atoms with van der Waals surface area (Å²) in [5.74, 6) is 7.45. The van der Waals surface area contributed by atoms with Crippen molar-refractivity contribution in [1.29, 1.82) is 0 Å². The SMILES string of the molecule is CCn1cc(Oc2cc(NN)nc(C)n2)cn1. The van der Waals surface area contributed by atoms with Crippen LogP contribution in [-0.2, 0) is 6.54 Å². The molecule has 0 aliphatic rings. The lowest BCUT2D eigenvalue weighted by molar-refractivity contribution is 0.459. The van der Waals surface area contributed by atoms with E-state index in [9.17, 15) is 0 Å². The first-order valence-electron chi connectivity index (χ1n) is 5.24. The van der Waals surface area contributed by atoms with E-state index in [0.717, 1.165) is 6.54 Å². The molecule has 0 amide bonds. The van der Waals surface area contributed by atoms with Crippen molar-refractivity contribution in [2.75, 3.05) is 5.43 Å². The molecule has 0 saturated heterocycles. The lowest BCUT2D eigenvalue weighted by Crippen LogP contribution is -2.09. The first-order valence-corrected chi connectivity index (χ1v) is 5.24. The van der Waals surface area contributed by atoms with E-state index in [4.69, 9.17) is 10.6 Å². The predicted octanol–water partition coefficient (Wildman–Crippen LogP) is 1.08. The Hall–Kier alpha value is -2.15. The topological polar surface area (TPSA) is 90.9 Å². The van der Waals surface area contributed by atoms with Gasteiger partial charge in [0.2, 0.25) is 5.88 Å². The second kappa shape index (κ2) is 4.79. The average Bonchev–Trinajstić information content (AvgIpc) is 2.76. The Bertz CT molecular complexity index is 509. The Morgan fingerprint density at radius 1 is 1.47 bits per heavy atom. The normalized spacial score (nSPS) is 10.3. The van der Waals surface area contributed by atoms with E-state index in [0.29, 0.717) is 23.3 Å². The molecule has 2 heterocycles. The van der Waals surface area contributed by atoms with E-state index in [2.05, 4.69) is 20.5 Å². The molecule has 0 atom stereocenters. The van der Waals surface area contributed by atoms with Crippen molar-refractivity contribution >= 4 is 5.82 Å². The van der Waals surface area contributed by atoms with Gasteiger partial charge in [-0.05, 0) is 13.8 Å². The molecule has 2 rings (SSSR count). The molecule has 0 bridgehead atoms. The highest BCUT2D eigenvalue weighted by molar-refractivity contribution is 5.38. The van der Waals surface area contributed by atoms with Crippen molar-refractivity contribution in [2.45, 2.75) is 20.4 Å². The van der Waals surface area contributed by atoms with E-state index in [1.807, 2.05) is 6.92 Å². The Morgan fingerprint density at radius 3 is 2.94 bits per heavy atom. The summed E-state index contributed by atoms with van der Waals surface area (Å²) in [6.07, 6.45) is 3.43. The Kier molecular flexibility index (Phi) is 3.20. The maximum absolute atomic E-state index is 5.55. The van der Waals surface area contributed by atoms with Crippen LogP contribution in [-0.4, -0.2) is 19.7 Å². The van der Waals surface area contributed by atoms with Crippen molar-refractivity contribution in [3.05, 3.63) is 24.3 Å². The Morgan fingerprint density at radius 2 is 2.29 bits per heavy atom. The molecule has 3 N–H and O–H groups in total. The lowest BCUT2D eigenvalue weighted by atomic mass is 10.5. The fourth-order valence-electron chi connectivity index (χ4n) is 1.36. The first-order chi connectivity index (χ1) is 8.21. The zero-order valence-electron chi connectivity index (χ0n) is 9.71. The van der Waals surface area contributed by atoms with Gasteiger partial charge in [0.05, 0.1) is 12.4 Å². The van der Waals surface area contributed by atoms with Crippen LogP contribution in [0, 0.1) is 6.92 Å². The second-order valence-electron chi connectivity index (χ2n) is 3.42. The third-order valence-corrected chi connectivity index (χ3v) is 2.12. The van der Waals surface area contributed by atoms with Gasteiger partial charge in [-0.3, -0.25) is 4.68 Å². The van der Waals surface area contributed by atoms with E-state index in [-0.39, 0.29) is 0 Å². The molecule has 0 aliphatic carbocycles. The number of aryl methyl sites for hydroxylation is 2. The molecule has 0 spiro atoms. The minimum absolute atomic E-state index is 0.432. The zero-order valence-corrected chi connectivity index (χ0v) is 9.71. The number of hydrazine groups is 1. The fraction of sp³-hybridized carbons (Fsp3) is 0.300. The molecule has 0 aromatic carbocycles. The molecule has 0 aliphatic heterocycles. The van der Waals surface area contributed by atoms with Gasteiger partial charge in [-0.15, -0.1) is 0 Å². The van der Waals surface area contributed by atoms with Gasteiger partial charge < -0.3 is 10.2 Å². The Labute approximate surface area is 98.6 Å². The van der Waals surface area contributed by atoms with E-state index < -0.39 is 0 Å². The summed E-state index contributed by atoms with van der Waals surface area (Å²) >= 11 is 0. The number of ether oxygens (including phenoxy) is 1. The number of rotatable bonds is 4. The highest BCUT2D eigenvalue weighted by atomic mass is 16.5. The molecule has 7 nitrogen and oxygen atoms in total. The van der Waals surface area contributed by atoms with Gasteiger partial charge >= 0.3 is 0 Å². The molecule has 7 heteroatoms. The fourth-order valence-corrected chi connectivity index (χ4v) is 1.36. The van der Waals surface area contributed by atoms with E-state index in [1.54, 1.807) is 30.1 Å². The number of nitrogen functional groups attached to an aromatic ring is 1. The van der Waals surface area contributed by atoms with Crippen LogP contribution in [0.15, 0.2) is 18.5 Å². The summed E-state index contributed by atoms with van der Waals surface area (Å²) < 4.78 is 7.32. The van der Waals surface area contributed by atoms with Crippen LogP contribution in [0.2, 0.25) is 0 Å². The quantitative estimate of drug-likeness (QED) is 0.607. The van der Waals surface area contributed by atoms with Gasteiger partial charge in [-0.25, -0.2) is 10.8 Å². The molecule has 0 radical (unpaired) electrons. The van der Waals surface area contributed by atoms with Gasteiger partial charge in [0.25, 0.3) is 0 Å². The number of nitrogens with two attached hydrogens (primary N) is 1. The average molecular weight is 234 g/mol. The molecular formula is C10H14N6O. The van der Waals surface area contributed by atoms with Crippen LogP contribution in [0.25, 0.3) is 0 Å². The van der Waals surface area contributed by atoms with Crippen LogP contribution in [0.1, 0.15) is 12.7 Å². The van der Waals surface area contributed by atoms with E-state index in [1.165, 1.54) is 0 Å². The minimum atomic E-state index is 0.432. The number of aromatic nitrogens is 4. The smallest absolute Gasteiger partial charge is 0.224 e. The standard InChI is InChI=1S/C10H14N6O/c1-3-16-6-8(5-12-16)17-10-4-9(15-11)13-7(2)14-10/h4-6H,3,11H2,1-2H3,(H,13,14,15). The summed E-state index contributed by atoms with van der Waals surface area (Å²) in [7, 11) is 0. The first kappa shape index (κ1) is 11.3. The highest BCUT2D eigenvalue weighted by Gasteiger charge is 2.05. The predicted molar refractivity (Wildman–Crippen MR) is 62.6 cm³/mol. The molecule has 2 aromatic heterocycles. The van der Waals surface area contributed by atoms with Crippen molar-refractivity contribution in [3.8, 4) is 11.6 Å².